The summed E-state index contributed by atoms with van der Waals surface area (Å²) >= 11 is 3.42. The van der Waals surface area contributed by atoms with E-state index in [1.165, 1.54) is 25.7 Å². The van der Waals surface area contributed by atoms with E-state index < -0.39 is 0 Å². The van der Waals surface area contributed by atoms with Gasteiger partial charge in [-0.1, -0.05) is 60.0 Å². The number of hydrogen-bond donors (Lipinski definition) is 0. The van der Waals surface area contributed by atoms with Crippen LogP contribution in [0.5, 0.6) is 0 Å². The minimum atomic E-state index is 0.965. The molecule has 0 saturated heterocycles. The smallest absolute Gasteiger partial charge is 0.0266 e. The van der Waals surface area contributed by atoms with E-state index in [-0.39, 0.29) is 0 Å². The van der Waals surface area contributed by atoms with E-state index in [0.717, 1.165) is 16.5 Å². The molecule has 0 bridgehead atoms. The van der Waals surface area contributed by atoms with Crippen LogP contribution >= 0.6 is 15.9 Å². The summed E-state index contributed by atoms with van der Waals surface area (Å²) in [7, 11) is 0. The van der Waals surface area contributed by atoms with Crippen LogP contribution in [0.4, 0.5) is 0 Å². The molecule has 1 rings (SSSR count). The first-order valence-corrected chi connectivity index (χ1v) is 6.86. The molecule has 17 heavy (non-hydrogen) atoms. The SMILES string of the molecule is CCCCCCC#CC#Cc1cccc(Br)c1. The lowest BCUT2D eigenvalue weighted by molar-refractivity contribution is 0.680. The fraction of sp³-hybridized carbons (Fsp3) is 0.375. The standard InChI is InChI=1S/C16H17Br/c1-2-3-4-5-6-7-8-9-11-15-12-10-13-16(17)14-15/h10,12-14H,2-6H2,1H3. The van der Waals surface area contributed by atoms with Crippen molar-refractivity contribution in [2.75, 3.05) is 0 Å². The van der Waals surface area contributed by atoms with Crippen molar-refractivity contribution < 1.29 is 0 Å². The second kappa shape index (κ2) is 8.91. The van der Waals surface area contributed by atoms with E-state index >= 15 is 0 Å². The average molecular weight is 289 g/mol. The molecule has 0 N–H and O–H groups in total. The van der Waals surface area contributed by atoms with E-state index in [9.17, 15) is 0 Å². The van der Waals surface area contributed by atoms with Gasteiger partial charge in [0, 0.05) is 16.5 Å². The van der Waals surface area contributed by atoms with Gasteiger partial charge in [0.15, 0.2) is 0 Å². The van der Waals surface area contributed by atoms with Crippen LogP contribution in [0.15, 0.2) is 28.7 Å². The van der Waals surface area contributed by atoms with Crippen molar-refractivity contribution in [1.82, 2.24) is 0 Å². The van der Waals surface area contributed by atoms with Gasteiger partial charge in [-0.2, -0.15) is 0 Å². The molecule has 0 radical (unpaired) electrons. The third-order valence-corrected chi connectivity index (χ3v) is 2.83. The van der Waals surface area contributed by atoms with Crippen LogP contribution < -0.4 is 0 Å². The molecule has 1 aromatic carbocycles. The Morgan fingerprint density at radius 2 is 2.00 bits per heavy atom. The van der Waals surface area contributed by atoms with Gasteiger partial charge < -0.3 is 0 Å². The number of hydrogen-bond acceptors (Lipinski definition) is 0. The Morgan fingerprint density at radius 1 is 1.12 bits per heavy atom. The van der Waals surface area contributed by atoms with Crippen LogP contribution in [-0.2, 0) is 0 Å². The Balaban J connectivity index is 2.33. The van der Waals surface area contributed by atoms with E-state index in [1.807, 2.05) is 24.3 Å². The van der Waals surface area contributed by atoms with Gasteiger partial charge in [-0.3, -0.25) is 0 Å². The fourth-order valence-electron chi connectivity index (χ4n) is 1.42. The topological polar surface area (TPSA) is 0 Å². The van der Waals surface area contributed by atoms with Gasteiger partial charge in [-0.25, -0.2) is 0 Å². The van der Waals surface area contributed by atoms with Gasteiger partial charge in [0.25, 0.3) is 0 Å². The fourth-order valence-corrected chi connectivity index (χ4v) is 1.82. The Labute approximate surface area is 113 Å². The molecule has 0 nitrogen and oxygen atoms in total. The minimum Gasteiger partial charge on any atom is -0.0891 e. The number of halogens is 1. The second-order valence-electron chi connectivity index (χ2n) is 3.87. The highest BCUT2D eigenvalue weighted by molar-refractivity contribution is 9.10. The van der Waals surface area contributed by atoms with E-state index in [0.29, 0.717) is 0 Å². The molecule has 0 aliphatic heterocycles. The normalized spacial score (nSPS) is 8.82. The Morgan fingerprint density at radius 3 is 2.76 bits per heavy atom. The summed E-state index contributed by atoms with van der Waals surface area (Å²) in [5, 5.41) is 0. The number of unbranched alkanes of at least 4 members (excludes halogenated alkanes) is 4. The maximum atomic E-state index is 3.42. The summed E-state index contributed by atoms with van der Waals surface area (Å²) in [5.41, 5.74) is 1.000. The Kier molecular flexibility index (Phi) is 7.28. The van der Waals surface area contributed by atoms with E-state index in [1.54, 1.807) is 0 Å². The van der Waals surface area contributed by atoms with Crippen molar-refractivity contribution >= 4 is 15.9 Å². The van der Waals surface area contributed by atoms with E-state index in [4.69, 9.17) is 0 Å². The van der Waals surface area contributed by atoms with Gasteiger partial charge >= 0.3 is 0 Å². The van der Waals surface area contributed by atoms with Crippen molar-refractivity contribution in [3.05, 3.63) is 34.3 Å². The minimum absolute atomic E-state index is 0.965. The van der Waals surface area contributed by atoms with Crippen molar-refractivity contribution in [2.45, 2.75) is 39.0 Å². The van der Waals surface area contributed by atoms with Gasteiger partial charge in [-0.15, -0.1) is 0 Å². The number of rotatable bonds is 4. The van der Waals surface area contributed by atoms with Crippen LogP contribution in [0.2, 0.25) is 0 Å². The number of benzene rings is 1. The van der Waals surface area contributed by atoms with Crippen LogP contribution in [0, 0.1) is 23.7 Å². The summed E-state index contributed by atoms with van der Waals surface area (Å²) in [6.07, 6.45) is 6.03. The zero-order valence-electron chi connectivity index (χ0n) is 10.2. The Hall–Kier alpha value is -1.18. The molecule has 0 saturated carbocycles. The van der Waals surface area contributed by atoms with Crippen molar-refractivity contribution in [1.29, 1.82) is 0 Å². The molecule has 0 amide bonds. The molecule has 0 fully saturated rings. The maximum Gasteiger partial charge on any atom is 0.0266 e. The summed E-state index contributed by atoms with van der Waals surface area (Å²) < 4.78 is 1.05. The quantitative estimate of drug-likeness (QED) is 0.553. The lowest BCUT2D eigenvalue weighted by Gasteiger charge is -1.91. The second-order valence-corrected chi connectivity index (χ2v) is 4.79. The first kappa shape index (κ1) is 13.9. The molecular weight excluding hydrogens is 272 g/mol. The largest absolute Gasteiger partial charge is 0.0891 e. The third kappa shape index (κ3) is 6.88. The molecule has 1 heteroatoms. The molecule has 1 aromatic rings. The predicted octanol–water partition coefficient (Wildman–Crippen LogP) is 4.77. The first-order valence-electron chi connectivity index (χ1n) is 6.07. The van der Waals surface area contributed by atoms with Crippen molar-refractivity contribution in [2.24, 2.45) is 0 Å². The van der Waals surface area contributed by atoms with Crippen LogP contribution in [0.3, 0.4) is 0 Å². The maximum absolute atomic E-state index is 3.42. The van der Waals surface area contributed by atoms with Crippen LogP contribution in [-0.4, -0.2) is 0 Å². The Bertz CT molecular complexity index is 452. The molecular formula is C16H17Br. The lowest BCUT2D eigenvalue weighted by Crippen LogP contribution is -1.74. The van der Waals surface area contributed by atoms with Gasteiger partial charge in [0.1, 0.15) is 0 Å². The predicted molar refractivity (Wildman–Crippen MR) is 77.6 cm³/mol. The summed E-state index contributed by atoms with van der Waals surface area (Å²) in [6, 6.07) is 7.95. The molecule has 0 unspecified atom stereocenters. The van der Waals surface area contributed by atoms with E-state index in [2.05, 4.69) is 46.5 Å². The zero-order valence-corrected chi connectivity index (χ0v) is 11.8. The van der Waals surface area contributed by atoms with Gasteiger partial charge in [0.2, 0.25) is 0 Å². The molecule has 0 aromatic heterocycles. The van der Waals surface area contributed by atoms with Crippen molar-refractivity contribution in [3.8, 4) is 23.7 Å². The monoisotopic (exact) mass is 288 g/mol. The van der Waals surface area contributed by atoms with Crippen molar-refractivity contribution in [3.63, 3.8) is 0 Å². The lowest BCUT2D eigenvalue weighted by atomic mass is 10.2. The molecule has 88 valence electrons. The molecule has 0 heterocycles. The highest BCUT2D eigenvalue weighted by Gasteiger charge is 1.87. The highest BCUT2D eigenvalue weighted by atomic mass is 79.9. The third-order valence-electron chi connectivity index (χ3n) is 2.34. The van der Waals surface area contributed by atoms with Crippen LogP contribution in [0.25, 0.3) is 0 Å². The summed E-state index contributed by atoms with van der Waals surface area (Å²) in [4.78, 5) is 0. The zero-order chi connectivity index (χ0) is 12.3. The molecule has 0 atom stereocenters. The molecule has 0 aliphatic rings. The van der Waals surface area contributed by atoms with Crippen LogP contribution in [0.1, 0.15) is 44.6 Å². The summed E-state index contributed by atoms with van der Waals surface area (Å²) in [6.45, 7) is 2.22. The van der Waals surface area contributed by atoms with Gasteiger partial charge in [-0.05, 0) is 36.5 Å². The molecule has 0 aliphatic carbocycles. The summed E-state index contributed by atoms with van der Waals surface area (Å²) in [5.74, 6) is 11.9. The molecule has 0 spiro atoms. The first-order chi connectivity index (χ1) is 8.33. The average Bonchev–Trinajstić information content (AvgIpc) is 2.33. The highest BCUT2D eigenvalue weighted by Crippen LogP contribution is 2.10. The van der Waals surface area contributed by atoms with Gasteiger partial charge in [0.05, 0.1) is 0 Å².